The first kappa shape index (κ1) is 15.2. The average molecular weight is 313 g/mol. The summed E-state index contributed by atoms with van der Waals surface area (Å²) >= 11 is 0. The summed E-state index contributed by atoms with van der Waals surface area (Å²) in [5, 5.41) is 15.7. The molecule has 0 saturated heterocycles. The number of methoxy groups -OCH3 is 1. The highest BCUT2D eigenvalue weighted by Crippen LogP contribution is 2.18. The van der Waals surface area contributed by atoms with Gasteiger partial charge in [0.1, 0.15) is 18.7 Å². The summed E-state index contributed by atoms with van der Waals surface area (Å²) in [6.07, 6.45) is 1.60. The molecule has 2 aromatic heterocycles. The van der Waals surface area contributed by atoms with E-state index < -0.39 is 0 Å². The van der Waals surface area contributed by atoms with Crippen LogP contribution in [-0.4, -0.2) is 40.1 Å². The molecule has 3 aromatic rings. The third kappa shape index (κ3) is 3.75. The van der Waals surface area contributed by atoms with E-state index in [0.29, 0.717) is 25.4 Å². The minimum absolute atomic E-state index is 0.539. The van der Waals surface area contributed by atoms with Crippen LogP contribution >= 0.6 is 0 Å². The van der Waals surface area contributed by atoms with Crippen molar-refractivity contribution in [3.63, 3.8) is 0 Å². The molecule has 0 saturated carbocycles. The van der Waals surface area contributed by atoms with Crippen LogP contribution in [0.5, 0.6) is 5.75 Å². The molecule has 2 heterocycles. The normalized spacial score (nSPS) is 10.9. The van der Waals surface area contributed by atoms with E-state index >= 15 is 0 Å². The number of hydrogen-bond acceptors (Lipinski definition) is 6. The molecule has 7 heteroatoms. The fourth-order valence-electron chi connectivity index (χ4n) is 2.27. The van der Waals surface area contributed by atoms with Crippen LogP contribution in [0.3, 0.4) is 0 Å². The molecular formula is C16H19N5O2. The van der Waals surface area contributed by atoms with Crippen LogP contribution in [-0.2, 0) is 11.3 Å². The Hall–Kier alpha value is -2.67. The zero-order chi connectivity index (χ0) is 16.1. The molecule has 0 aliphatic rings. The lowest BCUT2D eigenvalue weighted by Crippen LogP contribution is -2.06. The lowest BCUT2D eigenvalue weighted by molar-refractivity contribution is 0.146. The zero-order valence-electron chi connectivity index (χ0n) is 13.2. The van der Waals surface area contributed by atoms with Gasteiger partial charge in [0.15, 0.2) is 0 Å². The predicted molar refractivity (Wildman–Crippen MR) is 86.7 cm³/mol. The maximum absolute atomic E-state index is 5.63. The number of anilines is 1. The van der Waals surface area contributed by atoms with Crippen molar-refractivity contribution in [1.29, 1.82) is 0 Å². The summed E-state index contributed by atoms with van der Waals surface area (Å²) < 4.78 is 12.3. The molecule has 0 aliphatic heterocycles. The number of ether oxygens (including phenoxy) is 2. The average Bonchev–Trinajstić information content (AvgIpc) is 3.01. The van der Waals surface area contributed by atoms with Gasteiger partial charge in [-0.05, 0) is 30.7 Å². The summed E-state index contributed by atoms with van der Waals surface area (Å²) in [5.41, 5.74) is 3.63. The summed E-state index contributed by atoms with van der Waals surface area (Å²) in [6.45, 7) is 3.71. The number of benzene rings is 1. The topological polar surface area (TPSA) is 73.6 Å². The molecule has 120 valence electrons. The first-order valence-corrected chi connectivity index (χ1v) is 7.38. The highest BCUT2D eigenvalue weighted by Gasteiger charge is 2.06. The Morgan fingerprint density at radius 1 is 1.22 bits per heavy atom. The summed E-state index contributed by atoms with van der Waals surface area (Å²) in [5.74, 6) is 0.833. The van der Waals surface area contributed by atoms with Gasteiger partial charge < -0.3 is 14.8 Å². The third-order valence-corrected chi connectivity index (χ3v) is 3.33. The number of hydrogen-bond donors (Lipinski definition) is 1. The van der Waals surface area contributed by atoms with Gasteiger partial charge in [-0.25, -0.2) is 0 Å². The van der Waals surface area contributed by atoms with Gasteiger partial charge in [0.05, 0.1) is 18.0 Å². The Bertz CT molecular complexity index is 787. The fourth-order valence-corrected chi connectivity index (χ4v) is 2.27. The Morgan fingerprint density at radius 3 is 3.00 bits per heavy atom. The second-order valence-electron chi connectivity index (χ2n) is 5.14. The SMILES string of the molecule is COCCOc1cccc(CNc2cc(C)nn3cnnc23)c1. The van der Waals surface area contributed by atoms with Gasteiger partial charge >= 0.3 is 0 Å². The van der Waals surface area contributed by atoms with Crippen LogP contribution in [0, 0.1) is 6.92 Å². The van der Waals surface area contributed by atoms with Gasteiger partial charge in [-0.3, -0.25) is 0 Å². The van der Waals surface area contributed by atoms with Crippen molar-refractivity contribution in [1.82, 2.24) is 19.8 Å². The van der Waals surface area contributed by atoms with Crippen molar-refractivity contribution in [3.8, 4) is 5.75 Å². The van der Waals surface area contributed by atoms with Crippen LogP contribution in [0.15, 0.2) is 36.7 Å². The van der Waals surface area contributed by atoms with E-state index in [4.69, 9.17) is 9.47 Å². The Balaban J connectivity index is 1.70. The van der Waals surface area contributed by atoms with Gasteiger partial charge in [0, 0.05) is 13.7 Å². The van der Waals surface area contributed by atoms with E-state index in [0.717, 1.165) is 22.7 Å². The molecule has 0 amide bonds. The highest BCUT2D eigenvalue weighted by atomic mass is 16.5. The standard InChI is InChI=1S/C16H19N5O2/c1-12-8-15(16-19-18-11-21(16)20-12)17-10-13-4-3-5-14(9-13)23-7-6-22-2/h3-5,8-9,11,17H,6-7,10H2,1-2H3. The molecule has 0 unspecified atom stereocenters. The molecule has 0 spiro atoms. The highest BCUT2D eigenvalue weighted by molar-refractivity contribution is 5.66. The van der Waals surface area contributed by atoms with Gasteiger partial charge in [-0.2, -0.15) is 9.61 Å². The van der Waals surface area contributed by atoms with Crippen LogP contribution in [0.25, 0.3) is 5.65 Å². The first-order chi connectivity index (χ1) is 11.3. The van der Waals surface area contributed by atoms with Crippen molar-refractivity contribution >= 4 is 11.3 Å². The number of aryl methyl sites for hydroxylation is 1. The van der Waals surface area contributed by atoms with E-state index in [1.165, 1.54) is 0 Å². The molecule has 0 atom stereocenters. The van der Waals surface area contributed by atoms with E-state index in [1.807, 2.05) is 37.3 Å². The van der Waals surface area contributed by atoms with Crippen LogP contribution in [0.4, 0.5) is 5.69 Å². The number of fused-ring (bicyclic) bond motifs is 1. The second-order valence-corrected chi connectivity index (χ2v) is 5.14. The van der Waals surface area contributed by atoms with Crippen molar-refractivity contribution in [2.75, 3.05) is 25.6 Å². The van der Waals surface area contributed by atoms with E-state index in [9.17, 15) is 0 Å². The lowest BCUT2D eigenvalue weighted by atomic mass is 10.2. The van der Waals surface area contributed by atoms with Crippen LogP contribution in [0.1, 0.15) is 11.3 Å². The molecule has 0 bridgehead atoms. The molecule has 0 fully saturated rings. The van der Waals surface area contributed by atoms with Crippen molar-refractivity contribution < 1.29 is 9.47 Å². The number of aromatic nitrogens is 4. The van der Waals surface area contributed by atoms with Crippen molar-refractivity contribution in [3.05, 3.63) is 47.9 Å². The molecule has 0 aliphatic carbocycles. The maximum Gasteiger partial charge on any atom is 0.200 e. The van der Waals surface area contributed by atoms with E-state index in [-0.39, 0.29) is 0 Å². The van der Waals surface area contributed by atoms with E-state index in [2.05, 4.69) is 20.6 Å². The zero-order valence-corrected chi connectivity index (χ0v) is 13.2. The molecule has 0 radical (unpaired) electrons. The van der Waals surface area contributed by atoms with Gasteiger partial charge in [-0.15, -0.1) is 10.2 Å². The smallest absolute Gasteiger partial charge is 0.200 e. The molecule has 23 heavy (non-hydrogen) atoms. The van der Waals surface area contributed by atoms with Gasteiger partial charge in [0.2, 0.25) is 5.65 Å². The minimum Gasteiger partial charge on any atom is -0.491 e. The molecule has 1 aromatic carbocycles. The number of nitrogens with zero attached hydrogens (tertiary/aromatic N) is 4. The predicted octanol–water partition coefficient (Wildman–Crippen LogP) is 2.07. The Labute approximate surface area is 134 Å². The molecule has 1 N–H and O–H groups in total. The maximum atomic E-state index is 5.63. The number of nitrogens with one attached hydrogen (secondary N) is 1. The fraction of sp³-hybridized carbons (Fsp3) is 0.312. The Kier molecular flexibility index (Phi) is 4.68. The summed E-state index contributed by atoms with van der Waals surface area (Å²) in [7, 11) is 1.66. The largest absolute Gasteiger partial charge is 0.491 e. The first-order valence-electron chi connectivity index (χ1n) is 7.38. The Morgan fingerprint density at radius 2 is 2.13 bits per heavy atom. The minimum atomic E-state index is 0.539. The summed E-state index contributed by atoms with van der Waals surface area (Å²) in [6, 6.07) is 9.93. The quantitative estimate of drug-likeness (QED) is 0.673. The second kappa shape index (κ2) is 7.06. The van der Waals surface area contributed by atoms with Crippen LogP contribution in [0.2, 0.25) is 0 Å². The molecular weight excluding hydrogens is 294 g/mol. The van der Waals surface area contributed by atoms with Gasteiger partial charge in [-0.1, -0.05) is 12.1 Å². The van der Waals surface area contributed by atoms with Crippen molar-refractivity contribution in [2.24, 2.45) is 0 Å². The lowest BCUT2D eigenvalue weighted by Gasteiger charge is -2.10. The molecule has 7 nitrogen and oxygen atoms in total. The van der Waals surface area contributed by atoms with Gasteiger partial charge in [0.25, 0.3) is 0 Å². The molecule has 3 rings (SSSR count). The van der Waals surface area contributed by atoms with Crippen molar-refractivity contribution in [2.45, 2.75) is 13.5 Å². The third-order valence-electron chi connectivity index (χ3n) is 3.33. The summed E-state index contributed by atoms with van der Waals surface area (Å²) in [4.78, 5) is 0. The van der Waals surface area contributed by atoms with E-state index in [1.54, 1.807) is 18.0 Å². The van der Waals surface area contributed by atoms with Crippen LogP contribution < -0.4 is 10.1 Å². The number of rotatable bonds is 7. The monoisotopic (exact) mass is 313 g/mol.